The summed E-state index contributed by atoms with van der Waals surface area (Å²) in [5.74, 6) is -0.628. The highest BCUT2D eigenvalue weighted by atomic mass is 19.1. The molecule has 6 nitrogen and oxygen atoms in total. The lowest BCUT2D eigenvalue weighted by Crippen LogP contribution is -2.03. The molecule has 0 radical (unpaired) electrons. The number of benzene rings is 2. The Morgan fingerprint density at radius 1 is 1.12 bits per heavy atom. The number of primary amides is 1. The van der Waals surface area contributed by atoms with Gasteiger partial charge in [-0.05, 0) is 42.0 Å². The van der Waals surface area contributed by atoms with Crippen molar-refractivity contribution < 1.29 is 27.9 Å². The maximum Gasteiger partial charge on any atom is 0.402 e. The van der Waals surface area contributed by atoms with Crippen molar-refractivity contribution in [1.82, 2.24) is 5.16 Å². The van der Waals surface area contributed by atoms with Crippen molar-refractivity contribution in [3.8, 4) is 17.0 Å². The molecular weight excluding hydrogens is 334 g/mol. The van der Waals surface area contributed by atoms with Crippen LogP contribution in [0.2, 0.25) is 0 Å². The molecular formula is C17H14F2N2O4. The zero-order valence-corrected chi connectivity index (χ0v) is 12.9. The first-order valence-corrected chi connectivity index (χ1v) is 7.01. The molecule has 25 heavy (non-hydrogen) atoms. The van der Waals surface area contributed by atoms with Crippen LogP contribution in [0, 0.1) is 11.6 Å². The molecule has 0 saturated heterocycles. The fourth-order valence-corrected chi connectivity index (χ4v) is 1.94. The van der Waals surface area contributed by atoms with E-state index in [1.54, 1.807) is 18.2 Å². The topological polar surface area (TPSA) is 98.6 Å². The van der Waals surface area contributed by atoms with E-state index >= 15 is 0 Å². The predicted molar refractivity (Wildman–Crippen MR) is 84.8 cm³/mol. The van der Waals surface area contributed by atoms with Crippen molar-refractivity contribution in [2.75, 3.05) is 0 Å². The zero-order chi connectivity index (χ0) is 18.2. The van der Waals surface area contributed by atoms with Gasteiger partial charge in [0, 0.05) is 17.7 Å². The maximum atomic E-state index is 13.1. The minimum Gasteiger partial charge on any atom is -0.489 e. The fraction of sp³-hybridized carbons (Fsp3) is 0.0588. The van der Waals surface area contributed by atoms with Crippen LogP contribution in [0.4, 0.5) is 13.6 Å². The van der Waals surface area contributed by atoms with Crippen LogP contribution in [0.15, 0.2) is 59.3 Å². The summed E-state index contributed by atoms with van der Waals surface area (Å²) < 4.78 is 36.4. The lowest BCUT2D eigenvalue weighted by Gasteiger charge is -2.07. The number of amides is 1. The van der Waals surface area contributed by atoms with Gasteiger partial charge in [0.2, 0.25) is 0 Å². The number of rotatable bonds is 4. The summed E-state index contributed by atoms with van der Waals surface area (Å²) in [6.07, 6.45) is 0.165. The molecule has 8 heteroatoms. The Balaban J connectivity index is 0.000000511. The Hall–Kier alpha value is -3.42. The van der Waals surface area contributed by atoms with Gasteiger partial charge in [0.05, 0.1) is 0 Å². The average molecular weight is 348 g/mol. The van der Waals surface area contributed by atoms with Crippen LogP contribution in [0.3, 0.4) is 0 Å². The number of carbonyl (C=O) groups is 1. The maximum absolute atomic E-state index is 13.1. The number of halogens is 2. The largest absolute Gasteiger partial charge is 0.489 e. The van der Waals surface area contributed by atoms with E-state index in [9.17, 15) is 8.78 Å². The molecule has 1 heterocycles. The Labute approximate surface area is 141 Å². The van der Waals surface area contributed by atoms with Crippen LogP contribution in [-0.2, 0) is 6.61 Å². The highest BCUT2D eigenvalue weighted by Crippen LogP contribution is 2.21. The van der Waals surface area contributed by atoms with Crippen LogP contribution in [0.1, 0.15) is 5.56 Å². The molecule has 130 valence electrons. The molecule has 1 amide bonds. The molecule has 3 N–H and O–H groups in total. The van der Waals surface area contributed by atoms with Crippen LogP contribution >= 0.6 is 0 Å². The number of carboxylic acid groups (broad SMARTS) is 1. The molecule has 0 saturated carbocycles. The van der Waals surface area contributed by atoms with E-state index in [-0.39, 0.29) is 6.61 Å². The number of hydrogen-bond acceptors (Lipinski definition) is 4. The summed E-state index contributed by atoms with van der Waals surface area (Å²) in [7, 11) is 0. The summed E-state index contributed by atoms with van der Waals surface area (Å²) >= 11 is 0. The Bertz CT molecular complexity index is 797. The van der Waals surface area contributed by atoms with E-state index in [0.29, 0.717) is 11.3 Å². The van der Waals surface area contributed by atoms with Gasteiger partial charge in [0.15, 0.2) is 0 Å². The molecule has 2 aromatic carbocycles. The van der Waals surface area contributed by atoms with Crippen LogP contribution < -0.4 is 10.5 Å². The summed E-state index contributed by atoms with van der Waals surface area (Å²) in [6.45, 7) is 0.0952. The average Bonchev–Trinajstić information content (AvgIpc) is 3.06. The van der Waals surface area contributed by atoms with Gasteiger partial charge in [-0.2, -0.15) is 0 Å². The SMILES string of the molecule is Fc1cc(F)cc(COc2ccc(-c3ccon3)cc2)c1.NC(=O)O. The normalized spacial score (nSPS) is 9.84. The third-order valence-corrected chi connectivity index (χ3v) is 2.92. The second-order valence-electron chi connectivity index (χ2n) is 4.81. The first-order valence-electron chi connectivity index (χ1n) is 7.01. The number of aromatic nitrogens is 1. The Kier molecular flexibility index (Phi) is 6.05. The van der Waals surface area contributed by atoms with Gasteiger partial charge in [-0.25, -0.2) is 13.6 Å². The summed E-state index contributed by atoms with van der Waals surface area (Å²) in [6, 6.07) is 12.3. The number of nitrogens with two attached hydrogens (primary N) is 1. The lowest BCUT2D eigenvalue weighted by molar-refractivity contribution is 0.205. The quantitative estimate of drug-likeness (QED) is 0.747. The highest BCUT2D eigenvalue weighted by Gasteiger charge is 2.04. The first kappa shape index (κ1) is 17.9. The van der Waals surface area contributed by atoms with Crippen molar-refractivity contribution in [2.24, 2.45) is 5.73 Å². The molecule has 0 unspecified atom stereocenters. The number of nitrogens with zero attached hydrogens (tertiary/aromatic N) is 1. The van der Waals surface area contributed by atoms with E-state index in [4.69, 9.17) is 19.2 Å². The van der Waals surface area contributed by atoms with Crippen LogP contribution in [-0.4, -0.2) is 16.4 Å². The van der Waals surface area contributed by atoms with Crippen molar-refractivity contribution in [3.05, 3.63) is 72.0 Å². The molecule has 0 aliphatic heterocycles. The second-order valence-corrected chi connectivity index (χ2v) is 4.81. The molecule has 0 fully saturated rings. The molecule has 0 atom stereocenters. The Morgan fingerprint density at radius 3 is 2.24 bits per heavy atom. The number of hydrogen-bond donors (Lipinski definition) is 2. The van der Waals surface area contributed by atoms with E-state index in [1.165, 1.54) is 18.4 Å². The molecule has 1 aromatic heterocycles. The third kappa shape index (κ3) is 5.94. The van der Waals surface area contributed by atoms with E-state index < -0.39 is 17.7 Å². The smallest absolute Gasteiger partial charge is 0.402 e. The lowest BCUT2D eigenvalue weighted by atomic mass is 10.1. The van der Waals surface area contributed by atoms with Gasteiger partial charge in [-0.15, -0.1) is 0 Å². The van der Waals surface area contributed by atoms with Crippen LogP contribution in [0.5, 0.6) is 5.75 Å². The minimum absolute atomic E-state index is 0.0952. The number of ether oxygens (including phenoxy) is 1. The van der Waals surface area contributed by atoms with Crippen LogP contribution in [0.25, 0.3) is 11.3 Å². The van der Waals surface area contributed by atoms with Gasteiger partial charge in [0.25, 0.3) is 0 Å². The van der Waals surface area contributed by atoms with E-state index in [2.05, 4.69) is 10.9 Å². The highest BCUT2D eigenvalue weighted by molar-refractivity contribution is 5.61. The van der Waals surface area contributed by atoms with Crippen molar-refractivity contribution in [2.45, 2.75) is 6.61 Å². The van der Waals surface area contributed by atoms with Gasteiger partial charge in [-0.3, -0.25) is 0 Å². The van der Waals surface area contributed by atoms with E-state index in [1.807, 2.05) is 12.1 Å². The van der Waals surface area contributed by atoms with Gasteiger partial charge in [0.1, 0.15) is 35.9 Å². The predicted octanol–water partition coefficient (Wildman–Crippen LogP) is 3.82. The zero-order valence-electron chi connectivity index (χ0n) is 12.9. The Morgan fingerprint density at radius 2 is 1.72 bits per heavy atom. The molecule has 0 bridgehead atoms. The third-order valence-electron chi connectivity index (χ3n) is 2.92. The van der Waals surface area contributed by atoms with Gasteiger partial charge in [-0.1, -0.05) is 5.16 Å². The van der Waals surface area contributed by atoms with Crippen molar-refractivity contribution in [3.63, 3.8) is 0 Å². The molecule has 3 rings (SSSR count). The summed E-state index contributed by atoms with van der Waals surface area (Å²) in [4.78, 5) is 8.78. The fourth-order valence-electron chi connectivity index (χ4n) is 1.94. The first-order chi connectivity index (χ1) is 11.9. The molecule has 3 aromatic rings. The summed E-state index contributed by atoms with van der Waals surface area (Å²) in [5, 5.41) is 11.0. The molecule has 0 aliphatic carbocycles. The standard InChI is InChI=1S/C16H11F2NO2.CH3NO2/c17-13-7-11(8-14(18)9-13)10-20-15-3-1-12(2-4-15)16-5-6-21-19-16;2-1(3)4/h1-9H,10H2;2H2,(H,3,4). The molecule has 0 spiro atoms. The summed E-state index contributed by atoms with van der Waals surface area (Å²) in [5.41, 5.74) is 6.09. The van der Waals surface area contributed by atoms with Gasteiger partial charge >= 0.3 is 6.09 Å². The monoisotopic (exact) mass is 348 g/mol. The van der Waals surface area contributed by atoms with Crippen molar-refractivity contribution in [1.29, 1.82) is 0 Å². The second kappa shape index (κ2) is 8.44. The van der Waals surface area contributed by atoms with Gasteiger partial charge < -0.3 is 20.1 Å². The van der Waals surface area contributed by atoms with Crippen molar-refractivity contribution >= 4 is 6.09 Å². The minimum atomic E-state index is -1.33. The molecule has 0 aliphatic rings. The van der Waals surface area contributed by atoms with E-state index in [0.717, 1.165) is 17.3 Å².